The van der Waals surface area contributed by atoms with Gasteiger partial charge in [-0.05, 0) is 98.5 Å². The average molecular weight is 845 g/mol. The van der Waals surface area contributed by atoms with Crippen molar-refractivity contribution < 1.29 is 24.6 Å². The molecule has 3 aromatic carbocycles. The fraction of sp³-hybridized carbons (Fsp3) is 0.404. The summed E-state index contributed by atoms with van der Waals surface area (Å²) in [6, 6.07) is 22.5. The summed E-state index contributed by atoms with van der Waals surface area (Å²) in [5.41, 5.74) is 14.3. The molecule has 4 heterocycles. The van der Waals surface area contributed by atoms with Gasteiger partial charge in [0.2, 0.25) is 17.7 Å². The van der Waals surface area contributed by atoms with Crippen LogP contribution in [0.15, 0.2) is 84.4 Å². The van der Waals surface area contributed by atoms with Crippen molar-refractivity contribution in [3.8, 4) is 38.6 Å². The molecule has 320 valence electrons. The maximum absolute atomic E-state index is 14.3. The lowest BCUT2D eigenvalue weighted by molar-refractivity contribution is -0.144. The second-order valence-corrected chi connectivity index (χ2v) is 18.3. The number of phenols is 1. The Hall–Kier alpha value is -5.70. The second kappa shape index (κ2) is 18.1. The van der Waals surface area contributed by atoms with E-state index in [4.69, 9.17) is 5.73 Å². The Labute approximate surface area is 361 Å². The number of anilines is 1. The number of aliphatic hydroxyl groups is 1. The van der Waals surface area contributed by atoms with E-state index in [-0.39, 0.29) is 42.5 Å². The van der Waals surface area contributed by atoms with E-state index < -0.39 is 29.6 Å². The zero-order valence-electron chi connectivity index (χ0n) is 35.6. The molecule has 6 N–H and O–H groups in total. The molecule has 5 atom stereocenters. The van der Waals surface area contributed by atoms with Crippen molar-refractivity contribution in [2.24, 2.45) is 5.41 Å². The van der Waals surface area contributed by atoms with Gasteiger partial charge in [-0.2, -0.15) is 0 Å². The molecule has 2 aliphatic rings. The Morgan fingerprint density at radius 3 is 2.21 bits per heavy atom. The minimum absolute atomic E-state index is 0.00675. The van der Waals surface area contributed by atoms with Crippen LogP contribution in [0.4, 0.5) is 5.82 Å². The number of piperidine rings is 1. The van der Waals surface area contributed by atoms with Crippen LogP contribution in [0.3, 0.4) is 0 Å². The topological polar surface area (TPSA) is 187 Å². The number of aryl methyl sites for hydroxylation is 1. The quantitative estimate of drug-likeness (QED) is 0.0987. The molecule has 0 aliphatic carbocycles. The monoisotopic (exact) mass is 844 g/mol. The van der Waals surface area contributed by atoms with Gasteiger partial charge in [-0.3, -0.25) is 19.3 Å². The first-order valence-corrected chi connectivity index (χ1v) is 21.8. The Morgan fingerprint density at radius 2 is 1.57 bits per heavy atom. The predicted molar refractivity (Wildman–Crippen MR) is 238 cm³/mol. The van der Waals surface area contributed by atoms with Crippen molar-refractivity contribution in [2.45, 2.75) is 97.0 Å². The summed E-state index contributed by atoms with van der Waals surface area (Å²) in [6.45, 7) is 12.8. The van der Waals surface area contributed by atoms with Crippen LogP contribution in [0.2, 0.25) is 0 Å². The number of nitrogens with two attached hydrogens (primary N) is 1. The number of hydrogen-bond donors (Lipinski definition) is 5. The molecule has 2 unspecified atom stereocenters. The molecule has 2 aromatic heterocycles. The standard InChI is InChI=1S/C47H56N8O5S/c1-27(30-11-17-34(18-12-30)41-28(2)49-26-61-41)50-45(59)39-23-35(56)25-55(39)46(60)42(47(4,5)6)51-44(58)29(3)54-21-19-32(20-22-54)31-13-15-33(16-14-31)37-24-38(52-53-43(37)48)36-9-7-8-10-40(36)57/h7-18,24,26-27,29,32,35,39,42,56-57H,19-23,25H2,1-6H3,(H2,48,53)(H,50,59)(H,51,58)/t27-,29?,35+,39-,42?/m0/s1. The number of nitrogens with zero attached hydrogens (tertiary/aromatic N) is 5. The van der Waals surface area contributed by atoms with E-state index in [2.05, 4.69) is 42.8 Å². The van der Waals surface area contributed by atoms with Crippen LogP contribution in [0.5, 0.6) is 5.75 Å². The number of amides is 3. The summed E-state index contributed by atoms with van der Waals surface area (Å²) in [6.07, 6.45) is 0.957. The number of aliphatic hydroxyl groups excluding tert-OH is 1. The second-order valence-electron chi connectivity index (χ2n) is 17.5. The predicted octanol–water partition coefficient (Wildman–Crippen LogP) is 6.47. The van der Waals surface area contributed by atoms with E-state index in [1.807, 2.05) is 95.6 Å². The third-order valence-electron chi connectivity index (χ3n) is 12.2. The van der Waals surface area contributed by atoms with Gasteiger partial charge in [0.1, 0.15) is 17.8 Å². The molecular formula is C47H56N8O5S. The summed E-state index contributed by atoms with van der Waals surface area (Å²) in [4.78, 5) is 51.0. The average Bonchev–Trinajstić information content (AvgIpc) is 3.87. The van der Waals surface area contributed by atoms with E-state index in [0.29, 0.717) is 36.1 Å². The molecular weight excluding hydrogens is 789 g/mol. The number of thiazole rings is 1. The van der Waals surface area contributed by atoms with Crippen LogP contribution >= 0.6 is 11.3 Å². The lowest BCUT2D eigenvalue weighted by Gasteiger charge is -2.39. The number of hydrogen-bond acceptors (Lipinski definition) is 11. The molecule has 2 fully saturated rings. The molecule has 7 rings (SSSR count). The van der Waals surface area contributed by atoms with E-state index >= 15 is 0 Å². The van der Waals surface area contributed by atoms with Crippen molar-refractivity contribution in [1.29, 1.82) is 0 Å². The van der Waals surface area contributed by atoms with Gasteiger partial charge in [-0.1, -0.05) is 81.4 Å². The van der Waals surface area contributed by atoms with Gasteiger partial charge < -0.3 is 31.5 Å². The highest BCUT2D eigenvalue weighted by Crippen LogP contribution is 2.35. The van der Waals surface area contributed by atoms with Gasteiger partial charge >= 0.3 is 0 Å². The summed E-state index contributed by atoms with van der Waals surface area (Å²) in [5.74, 6) is -0.266. The van der Waals surface area contributed by atoms with Crippen molar-refractivity contribution >= 4 is 34.9 Å². The number of para-hydroxylation sites is 1. The molecule has 14 heteroatoms. The van der Waals surface area contributed by atoms with Crippen molar-refractivity contribution in [2.75, 3.05) is 25.4 Å². The Balaban J connectivity index is 0.951. The highest BCUT2D eigenvalue weighted by molar-refractivity contribution is 7.13. The maximum Gasteiger partial charge on any atom is 0.246 e. The Kier molecular flexibility index (Phi) is 12.9. The first-order valence-electron chi connectivity index (χ1n) is 20.9. The number of carbonyl (C=O) groups excluding carboxylic acids is 3. The zero-order valence-corrected chi connectivity index (χ0v) is 36.4. The summed E-state index contributed by atoms with van der Waals surface area (Å²) in [7, 11) is 0. The maximum atomic E-state index is 14.3. The third kappa shape index (κ3) is 9.61. The molecule has 13 nitrogen and oxygen atoms in total. The van der Waals surface area contributed by atoms with E-state index in [1.165, 1.54) is 10.5 Å². The summed E-state index contributed by atoms with van der Waals surface area (Å²) in [5, 5.41) is 35.6. The summed E-state index contributed by atoms with van der Waals surface area (Å²) >= 11 is 1.58. The fourth-order valence-electron chi connectivity index (χ4n) is 8.45. The smallest absolute Gasteiger partial charge is 0.246 e. The molecule has 0 spiro atoms. The number of rotatable bonds is 11. The summed E-state index contributed by atoms with van der Waals surface area (Å²) < 4.78 is 0. The number of benzene rings is 3. The van der Waals surface area contributed by atoms with Gasteiger partial charge in [0.05, 0.1) is 40.0 Å². The van der Waals surface area contributed by atoms with Crippen LogP contribution in [0, 0.1) is 12.3 Å². The van der Waals surface area contributed by atoms with Crippen LogP contribution in [-0.4, -0.2) is 96.8 Å². The molecule has 5 aromatic rings. The first kappa shape index (κ1) is 43.4. The molecule has 2 saturated heterocycles. The highest BCUT2D eigenvalue weighted by atomic mass is 32.1. The number of phenolic OH excluding ortho intramolecular Hbond substituents is 1. The molecule has 0 bridgehead atoms. The Morgan fingerprint density at radius 1 is 0.902 bits per heavy atom. The lowest BCUT2D eigenvalue weighted by Crippen LogP contribution is -2.60. The van der Waals surface area contributed by atoms with Gasteiger partial charge in [0, 0.05) is 24.1 Å². The van der Waals surface area contributed by atoms with Gasteiger partial charge in [-0.25, -0.2) is 4.98 Å². The highest BCUT2D eigenvalue weighted by Gasteiger charge is 2.45. The van der Waals surface area contributed by atoms with E-state index in [1.54, 1.807) is 29.5 Å². The molecule has 0 radical (unpaired) electrons. The number of nitrogen functional groups attached to an aromatic ring is 1. The number of β-amino-alcohol motifs (C(OH)–C–C–N with tert-alkyl or cyclic N) is 1. The largest absolute Gasteiger partial charge is 0.507 e. The SMILES string of the molecule is Cc1ncsc1-c1ccc([C@H](C)NC(=O)[C@@H]2C[C@@H](O)CN2C(=O)C(NC(=O)C(C)N2CCC(c3ccc(-c4cc(-c5ccccc5O)nnc4N)cc3)CC2)C(C)(C)C)cc1. The number of aromatic hydroxyl groups is 1. The fourth-order valence-corrected chi connectivity index (χ4v) is 9.26. The number of likely N-dealkylation sites (tertiary alicyclic amines) is 2. The van der Waals surface area contributed by atoms with Crippen LogP contribution < -0.4 is 16.4 Å². The molecule has 2 aliphatic heterocycles. The molecule has 61 heavy (non-hydrogen) atoms. The van der Waals surface area contributed by atoms with E-state index in [9.17, 15) is 24.6 Å². The number of aromatic nitrogens is 3. The number of carbonyl (C=O) groups is 3. The Bertz CT molecular complexity index is 2350. The van der Waals surface area contributed by atoms with Crippen LogP contribution in [0.1, 0.15) is 82.7 Å². The number of nitrogens with one attached hydrogen (secondary N) is 2. The van der Waals surface area contributed by atoms with Gasteiger partial charge in [0.15, 0.2) is 5.82 Å². The van der Waals surface area contributed by atoms with Crippen molar-refractivity contribution in [1.82, 2.24) is 35.6 Å². The van der Waals surface area contributed by atoms with E-state index in [0.717, 1.165) is 45.7 Å². The molecule has 3 amide bonds. The molecule has 0 saturated carbocycles. The van der Waals surface area contributed by atoms with Crippen LogP contribution in [0.25, 0.3) is 32.8 Å². The van der Waals surface area contributed by atoms with Gasteiger partial charge in [-0.15, -0.1) is 21.5 Å². The van der Waals surface area contributed by atoms with Crippen molar-refractivity contribution in [3.05, 3.63) is 101 Å². The lowest BCUT2D eigenvalue weighted by atomic mass is 9.85. The zero-order chi connectivity index (χ0) is 43.6. The minimum Gasteiger partial charge on any atom is -0.507 e. The normalized spacial score (nSPS) is 19.0. The van der Waals surface area contributed by atoms with Crippen LogP contribution in [-0.2, 0) is 14.4 Å². The van der Waals surface area contributed by atoms with Crippen molar-refractivity contribution in [3.63, 3.8) is 0 Å². The first-order chi connectivity index (χ1) is 29.1. The minimum atomic E-state index is -0.918. The van der Waals surface area contributed by atoms with Gasteiger partial charge in [0.25, 0.3) is 0 Å². The third-order valence-corrected chi connectivity index (χ3v) is 13.2.